The number of benzene rings is 2. The van der Waals surface area contributed by atoms with Crippen LogP contribution in [0.25, 0.3) is 11.0 Å². The summed E-state index contributed by atoms with van der Waals surface area (Å²) >= 11 is 0. The molecule has 2 N–H and O–H groups in total. The zero-order valence-corrected chi connectivity index (χ0v) is 11.7. The summed E-state index contributed by atoms with van der Waals surface area (Å²) in [5.41, 5.74) is 2.65. The molecule has 0 saturated heterocycles. The fourth-order valence-electron chi connectivity index (χ4n) is 2.41. The number of aryl methyl sites for hydroxylation is 1. The lowest BCUT2D eigenvalue weighted by Crippen LogP contribution is -2.08. The fourth-order valence-corrected chi connectivity index (χ4v) is 2.41. The summed E-state index contributed by atoms with van der Waals surface area (Å²) in [7, 11) is 0. The Morgan fingerprint density at radius 2 is 2.05 bits per heavy atom. The van der Waals surface area contributed by atoms with Crippen LogP contribution >= 0.6 is 0 Å². The van der Waals surface area contributed by atoms with Gasteiger partial charge in [-0.15, -0.1) is 0 Å². The maximum absolute atomic E-state index is 13.3. The Labute approximate surface area is 121 Å². The molecule has 0 fully saturated rings. The summed E-state index contributed by atoms with van der Waals surface area (Å²) < 4.78 is 15.4. The molecular weight excluding hydrogens is 269 g/mol. The maximum atomic E-state index is 13.3. The second kappa shape index (κ2) is 5.44. The SMILES string of the molecule is CCn1c(CNc2ccc(O)c(F)c2)nc2ccccc21. The van der Waals surface area contributed by atoms with Crippen molar-refractivity contribution < 1.29 is 9.50 Å². The molecule has 0 aliphatic heterocycles. The molecule has 108 valence electrons. The van der Waals surface area contributed by atoms with Crippen molar-refractivity contribution in [3.8, 4) is 5.75 Å². The molecular formula is C16H16FN3O. The summed E-state index contributed by atoms with van der Waals surface area (Å²) in [6, 6.07) is 12.2. The number of anilines is 1. The number of aromatic hydroxyl groups is 1. The maximum Gasteiger partial charge on any atom is 0.166 e. The first-order valence-corrected chi connectivity index (χ1v) is 6.85. The molecule has 0 amide bonds. The minimum absolute atomic E-state index is 0.346. The second-order valence-electron chi connectivity index (χ2n) is 4.78. The molecule has 4 nitrogen and oxygen atoms in total. The van der Waals surface area contributed by atoms with Crippen molar-refractivity contribution in [2.45, 2.75) is 20.0 Å². The molecule has 0 saturated carbocycles. The van der Waals surface area contributed by atoms with Crippen molar-refractivity contribution >= 4 is 16.7 Å². The van der Waals surface area contributed by atoms with E-state index in [1.165, 1.54) is 12.1 Å². The van der Waals surface area contributed by atoms with Crippen LogP contribution in [-0.2, 0) is 13.1 Å². The molecule has 1 heterocycles. The molecule has 3 aromatic rings. The van der Waals surface area contributed by atoms with Crippen molar-refractivity contribution in [1.29, 1.82) is 0 Å². The molecule has 3 rings (SSSR count). The number of phenolic OH excluding ortho intramolecular Hbond substituents is 1. The fraction of sp³-hybridized carbons (Fsp3) is 0.188. The van der Waals surface area contributed by atoms with Crippen LogP contribution in [-0.4, -0.2) is 14.7 Å². The predicted molar refractivity (Wildman–Crippen MR) is 80.8 cm³/mol. The normalized spacial score (nSPS) is 11.0. The van der Waals surface area contributed by atoms with E-state index in [0.717, 1.165) is 23.4 Å². The van der Waals surface area contributed by atoms with E-state index in [9.17, 15) is 9.50 Å². The molecule has 0 aliphatic carbocycles. The number of hydrogen-bond donors (Lipinski definition) is 2. The van der Waals surface area contributed by atoms with Crippen molar-refractivity contribution in [2.24, 2.45) is 0 Å². The minimum atomic E-state index is -0.635. The molecule has 0 atom stereocenters. The third-order valence-corrected chi connectivity index (χ3v) is 3.45. The Bertz CT molecular complexity index is 782. The van der Waals surface area contributed by atoms with Crippen LogP contribution in [0.5, 0.6) is 5.75 Å². The number of hydrogen-bond acceptors (Lipinski definition) is 3. The zero-order valence-electron chi connectivity index (χ0n) is 11.7. The molecule has 0 bridgehead atoms. The lowest BCUT2D eigenvalue weighted by atomic mass is 10.3. The molecule has 0 radical (unpaired) electrons. The second-order valence-corrected chi connectivity index (χ2v) is 4.78. The van der Waals surface area contributed by atoms with E-state index in [-0.39, 0.29) is 5.75 Å². The van der Waals surface area contributed by atoms with E-state index in [1.807, 2.05) is 24.3 Å². The van der Waals surface area contributed by atoms with E-state index >= 15 is 0 Å². The summed E-state index contributed by atoms with van der Waals surface area (Å²) in [5.74, 6) is -0.0856. The molecule has 21 heavy (non-hydrogen) atoms. The van der Waals surface area contributed by atoms with Crippen LogP contribution in [0.1, 0.15) is 12.7 Å². The number of aromatic nitrogens is 2. The lowest BCUT2D eigenvalue weighted by Gasteiger charge is -2.09. The van der Waals surface area contributed by atoms with Gasteiger partial charge in [0.25, 0.3) is 0 Å². The topological polar surface area (TPSA) is 50.1 Å². The number of nitrogens with zero attached hydrogens (tertiary/aromatic N) is 2. The Hall–Kier alpha value is -2.56. The van der Waals surface area contributed by atoms with Crippen LogP contribution < -0.4 is 5.32 Å². The van der Waals surface area contributed by atoms with E-state index in [0.29, 0.717) is 12.2 Å². The van der Waals surface area contributed by atoms with Gasteiger partial charge in [0.15, 0.2) is 11.6 Å². The van der Waals surface area contributed by atoms with Gasteiger partial charge in [0.05, 0.1) is 17.6 Å². The van der Waals surface area contributed by atoms with E-state index in [4.69, 9.17) is 0 Å². The summed E-state index contributed by atoms with van der Waals surface area (Å²) in [4.78, 5) is 4.60. The summed E-state index contributed by atoms with van der Waals surface area (Å²) in [6.45, 7) is 3.38. The predicted octanol–water partition coefficient (Wildman–Crippen LogP) is 3.51. The van der Waals surface area contributed by atoms with E-state index in [1.54, 1.807) is 6.07 Å². The van der Waals surface area contributed by atoms with Crippen molar-refractivity contribution in [2.75, 3.05) is 5.32 Å². The first kappa shape index (κ1) is 13.4. The smallest absolute Gasteiger partial charge is 0.166 e. The number of fused-ring (bicyclic) bond motifs is 1. The van der Waals surface area contributed by atoms with Gasteiger partial charge in [-0.1, -0.05) is 12.1 Å². The van der Waals surface area contributed by atoms with Crippen LogP contribution in [0, 0.1) is 5.82 Å². The third-order valence-electron chi connectivity index (χ3n) is 3.45. The molecule has 0 aliphatic rings. The highest BCUT2D eigenvalue weighted by Crippen LogP contribution is 2.21. The van der Waals surface area contributed by atoms with Gasteiger partial charge in [0, 0.05) is 18.3 Å². The highest BCUT2D eigenvalue weighted by atomic mass is 19.1. The highest BCUT2D eigenvalue weighted by molar-refractivity contribution is 5.76. The number of halogens is 1. The first-order valence-electron chi connectivity index (χ1n) is 6.85. The van der Waals surface area contributed by atoms with Gasteiger partial charge >= 0.3 is 0 Å². The van der Waals surface area contributed by atoms with E-state index < -0.39 is 5.82 Å². The quantitative estimate of drug-likeness (QED) is 0.721. The number of nitrogens with one attached hydrogen (secondary N) is 1. The summed E-state index contributed by atoms with van der Waals surface area (Å²) in [5, 5.41) is 12.3. The molecule has 0 unspecified atom stereocenters. The Morgan fingerprint density at radius 3 is 2.81 bits per heavy atom. The Morgan fingerprint density at radius 1 is 1.24 bits per heavy atom. The average molecular weight is 285 g/mol. The third kappa shape index (κ3) is 2.54. The van der Waals surface area contributed by atoms with Gasteiger partial charge < -0.3 is 15.0 Å². The van der Waals surface area contributed by atoms with Gasteiger partial charge in [-0.25, -0.2) is 9.37 Å². The molecule has 0 spiro atoms. The number of imidazole rings is 1. The van der Waals surface area contributed by atoms with E-state index in [2.05, 4.69) is 21.8 Å². The number of phenols is 1. The molecule has 2 aromatic carbocycles. The van der Waals surface area contributed by atoms with Crippen molar-refractivity contribution in [3.05, 3.63) is 54.1 Å². The van der Waals surface area contributed by atoms with Crippen molar-refractivity contribution in [3.63, 3.8) is 0 Å². The van der Waals surface area contributed by atoms with Gasteiger partial charge in [0.1, 0.15) is 5.82 Å². The van der Waals surface area contributed by atoms with Gasteiger partial charge in [-0.3, -0.25) is 0 Å². The average Bonchev–Trinajstić information content (AvgIpc) is 2.86. The van der Waals surface area contributed by atoms with Gasteiger partial charge in [-0.2, -0.15) is 0 Å². The standard InChI is InChI=1S/C16H16FN3O/c1-2-20-14-6-4-3-5-13(14)19-16(20)10-18-11-7-8-15(21)12(17)9-11/h3-9,18,21H,2,10H2,1H3. The minimum Gasteiger partial charge on any atom is -0.505 e. The van der Waals surface area contributed by atoms with Crippen LogP contribution in [0.15, 0.2) is 42.5 Å². The number of rotatable bonds is 4. The highest BCUT2D eigenvalue weighted by Gasteiger charge is 2.09. The van der Waals surface area contributed by atoms with Crippen molar-refractivity contribution in [1.82, 2.24) is 9.55 Å². The Kier molecular flexibility index (Phi) is 3.48. The Balaban J connectivity index is 1.86. The lowest BCUT2D eigenvalue weighted by molar-refractivity contribution is 0.432. The first-order chi connectivity index (χ1) is 10.2. The van der Waals surface area contributed by atoms with Crippen LogP contribution in [0.2, 0.25) is 0 Å². The molecule has 5 heteroatoms. The number of para-hydroxylation sites is 2. The molecule has 1 aromatic heterocycles. The monoisotopic (exact) mass is 285 g/mol. The zero-order chi connectivity index (χ0) is 14.8. The summed E-state index contributed by atoms with van der Waals surface area (Å²) in [6.07, 6.45) is 0. The van der Waals surface area contributed by atoms with Gasteiger partial charge in [0.2, 0.25) is 0 Å². The van der Waals surface area contributed by atoms with Gasteiger partial charge in [-0.05, 0) is 31.2 Å². The van der Waals surface area contributed by atoms with Crippen LogP contribution in [0.4, 0.5) is 10.1 Å². The largest absolute Gasteiger partial charge is 0.505 e. The van der Waals surface area contributed by atoms with Crippen LogP contribution in [0.3, 0.4) is 0 Å².